The van der Waals surface area contributed by atoms with Gasteiger partial charge in [0.25, 0.3) is 0 Å². The van der Waals surface area contributed by atoms with Crippen molar-refractivity contribution < 1.29 is 0 Å². The summed E-state index contributed by atoms with van der Waals surface area (Å²) >= 11 is 11.3. The van der Waals surface area contributed by atoms with E-state index in [1.807, 2.05) is 18.2 Å². The summed E-state index contributed by atoms with van der Waals surface area (Å²) in [6.45, 7) is 2.95. The number of nitrogens with one attached hydrogen (secondary N) is 1. The van der Waals surface area contributed by atoms with Gasteiger partial charge in [-0.25, -0.2) is 0 Å². The Morgan fingerprint density at radius 2 is 2.24 bits per heavy atom. The summed E-state index contributed by atoms with van der Waals surface area (Å²) in [5.41, 5.74) is 1.12. The molecule has 90 valence electrons. The maximum absolute atomic E-state index is 6.17. The van der Waals surface area contributed by atoms with Crippen LogP contribution < -0.4 is 5.32 Å². The molecule has 0 saturated carbocycles. The van der Waals surface area contributed by atoms with E-state index in [2.05, 4.69) is 45.7 Å². The Balaban J connectivity index is 1.98. The van der Waals surface area contributed by atoms with Gasteiger partial charge in [-0.2, -0.15) is 0 Å². The summed E-state index contributed by atoms with van der Waals surface area (Å²) in [5, 5.41) is 6.37. The molecule has 0 fully saturated rings. The molecule has 17 heavy (non-hydrogen) atoms. The van der Waals surface area contributed by atoms with E-state index in [1.165, 1.54) is 4.88 Å². The first-order valence-electron chi connectivity index (χ1n) is 5.37. The molecule has 0 aliphatic rings. The zero-order chi connectivity index (χ0) is 12.3. The van der Waals surface area contributed by atoms with Gasteiger partial charge in [0.2, 0.25) is 0 Å². The van der Waals surface area contributed by atoms with Crippen molar-refractivity contribution >= 4 is 38.9 Å². The van der Waals surface area contributed by atoms with E-state index in [9.17, 15) is 0 Å². The molecule has 0 spiro atoms. The van der Waals surface area contributed by atoms with Gasteiger partial charge in [-0.05, 0) is 36.1 Å². The predicted octanol–water partition coefficient (Wildman–Crippen LogP) is 5.01. The fraction of sp³-hybridized carbons (Fsp3) is 0.231. The smallest absolute Gasteiger partial charge is 0.0462 e. The second-order valence-corrected chi connectivity index (χ2v) is 6.16. The van der Waals surface area contributed by atoms with Crippen LogP contribution in [-0.4, -0.2) is 0 Å². The Labute approximate surface area is 119 Å². The van der Waals surface area contributed by atoms with Crippen LogP contribution in [0.3, 0.4) is 0 Å². The average Bonchev–Trinajstić information content (AvgIpc) is 2.81. The summed E-state index contributed by atoms with van der Waals surface area (Å²) in [7, 11) is 0. The number of halogens is 2. The second kappa shape index (κ2) is 6.01. The highest BCUT2D eigenvalue weighted by molar-refractivity contribution is 9.10. The van der Waals surface area contributed by atoms with E-state index in [1.54, 1.807) is 11.3 Å². The standard InChI is InChI=1S/C13H13BrClNS/c1-9(13-3-2-6-17-13)16-8-10-4-5-11(14)7-12(10)15/h2-7,9,16H,8H2,1H3. The number of hydrogen-bond acceptors (Lipinski definition) is 2. The third kappa shape index (κ3) is 3.55. The van der Waals surface area contributed by atoms with Gasteiger partial charge in [-0.1, -0.05) is 39.7 Å². The van der Waals surface area contributed by atoms with Crippen LogP contribution in [0.4, 0.5) is 0 Å². The first kappa shape index (κ1) is 13.1. The van der Waals surface area contributed by atoms with Crippen LogP contribution in [0.15, 0.2) is 40.2 Å². The Bertz CT molecular complexity index is 484. The summed E-state index contributed by atoms with van der Waals surface area (Å²) in [4.78, 5) is 1.35. The Hall–Kier alpha value is -0.350. The van der Waals surface area contributed by atoms with E-state index in [4.69, 9.17) is 11.6 Å². The maximum atomic E-state index is 6.17. The minimum atomic E-state index is 0.356. The highest BCUT2D eigenvalue weighted by atomic mass is 79.9. The molecule has 0 bridgehead atoms. The average molecular weight is 331 g/mol. The molecule has 0 amide bonds. The van der Waals surface area contributed by atoms with E-state index >= 15 is 0 Å². The van der Waals surface area contributed by atoms with Gasteiger partial charge in [0.15, 0.2) is 0 Å². The lowest BCUT2D eigenvalue weighted by atomic mass is 10.2. The van der Waals surface area contributed by atoms with E-state index in [-0.39, 0.29) is 0 Å². The molecule has 1 heterocycles. The fourth-order valence-electron chi connectivity index (χ4n) is 1.57. The van der Waals surface area contributed by atoms with Gasteiger partial charge >= 0.3 is 0 Å². The highest BCUT2D eigenvalue weighted by Gasteiger charge is 2.07. The molecule has 2 rings (SSSR count). The van der Waals surface area contributed by atoms with Crippen LogP contribution in [0.5, 0.6) is 0 Å². The molecule has 0 saturated heterocycles. The summed E-state index contributed by atoms with van der Waals surface area (Å²) in [5.74, 6) is 0. The van der Waals surface area contributed by atoms with Crippen molar-refractivity contribution in [2.45, 2.75) is 19.5 Å². The van der Waals surface area contributed by atoms with Crippen molar-refractivity contribution in [2.24, 2.45) is 0 Å². The summed E-state index contributed by atoms with van der Waals surface area (Å²) < 4.78 is 1.01. The molecule has 1 aromatic heterocycles. The predicted molar refractivity (Wildman–Crippen MR) is 78.7 cm³/mol. The van der Waals surface area contributed by atoms with Gasteiger partial charge in [-0.3, -0.25) is 0 Å². The third-order valence-electron chi connectivity index (χ3n) is 2.58. The van der Waals surface area contributed by atoms with Crippen LogP contribution in [0.2, 0.25) is 5.02 Å². The van der Waals surface area contributed by atoms with Crippen LogP contribution in [-0.2, 0) is 6.54 Å². The second-order valence-electron chi connectivity index (χ2n) is 3.85. The summed E-state index contributed by atoms with van der Waals surface area (Å²) in [6.07, 6.45) is 0. The van der Waals surface area contributed by atoms with Crippen molar-refractivity contribution in [3.8, 4) is 0 Å². The van der Waals surface area contributed by atoms with Gasteiger partial charge in [-0.15, -0.1) is 11.3 Å². The lowest BCUT2D eigenvalue weighted by molar-refractivity contribution is 0.583. The van der Waals surface area contributed by atoms with Crippen molar-refractivity contribution in [3.05, 3.63) is 55.6 Å². The monoisotopic (exact) mass is 329 g/mol. The third-order valence-corrected chi connectivity index (χ3v) is 4.48. The lowest BCUT2D eigenvalue weighted by Crippen LogP contribution is -2.17. The minimum Gasteiger partial charge on any atom is -0.305 e. The Morgan fingerprint density at radius 3 is 2.88 bits per heavy atom. The van der Waals surface area contributed by atoms with Crippen molar-refractivity contribution in [1.29, 1.82) is 0 Å². The molecule has 1 unspecified atom stereocenters. The van der Waals surface area contributed by atoms with E-state index < -0.39 is 0 Å². The molecule has 0 aliphatic carbocycles. The normalized spacial score (nSPS) is 12.6. The molecule has 1 nitrogen and oxygen atoms in total. The van der Waals surface area contributed by atoms with Gasteiger partial charge in [0, 0.05) is 27.0 Å². The molecule has 2 aromatic rings. The van der Waals surface area contributed by atoms with Crippen LogP contribution in [0, 0.1) is 0 Å². The Morgan fingerprint density at radius 1 is 1.41 bits per heavy atom. The molecule has 0 radical (unpaired) electrons. The first-order chi connectivity index (χ1) is 8.16. The van der Waals surface area contributed by atoms with Crippen molar-refractivity contribution in [3.63, 3.8) is 0 Å². The zero-order valence-corrected chi connectivity index (χ0v) is 12.6. The lowest BCUT2D eigenvalue weighted by Gasteiger charge is -2.13. The topological polar surface area (TPSA) is 12.0 Å². The van der Waals surface area contributed by atoms with Gasteiger partial charge < -0.3 is 5.32 Å². The number of benzene rings is 1. The number of hydrogen-bond donors (Lipinski definition) is 1. The molecule has 1 atom stereocenters. The van der Waals surface area contributed by atoms with Gasteiger partial charge in [0.1, 0.15) is 0 Å². The van der Waals surface area contributed by atoms with Crippen LogP contribution >= 0.6 is 38.9 Å². The molecular weight excluding hydrogens is 318 g/mol. The first-order valence-corrected chi connectivity index (χ1v) is 7.42. The molecule has 4 heteroatoms. The minimum absolute atomic E-state index is 0.356. The van der Waals surface area contributed by atoms with Gasteiger partial charge in [0.05, 0.1) is 0 Å². The quantitative estimate of drug-likeness (QED) is 0.830. The largest absolute Gasteiger partial charge is 0.305 e. The highest BCUT2D eigenvalue weighted by Crippen LogP contribution is 2.23. The molecule has 1 N–H and O–H groups in total. The zero-order valence-electron chi connectivity index (χ0n) is 9.41. The fourth-order valence-corrected chi connectivity index (χ4v) is 3.07. The van der Waals surface area contributed by atoms with E-state index in [0.717, 1.165) is 21.6 Å². The number of rotatable bonds is 4. The summed E-state index contributed by atoms with van der Waals surface area (Å²) in [6, 6.07) is 10.6. The van der Waals surface area contributed by atoms with E-state index in [0.29, 0.717) is 6.04 Å². The SMILES string of the molecule is CC(NCc1ccc(Br)cc1Cl)c1cccs1. The van der Waals surface area contributed by atoms with Crippen LogP contribution in [0.25, 0.3) is 0 Å². The molecule has 0 aliphatic heterocycles. The van der Waals surface area contributed by atoms with Crippen molar-refractivity contribution in [2.75, 3.05) is 0 Å². The molecule has 1 aromatic carbocycles. The van der Waals surface area contributed by atoms with Crippen LogP contribution in [0.1, 0.15) is 23.4 Å². The van der Waals surface area contributed by atoms with Crippen molar-refractivity contribution in [1.82, 2.24) is 5.32 Å². The number of thiophene rings is 1. The Kier molecular flexibility index (Phi) is 4.62. The maximum Gasteiger partial charge on any atom is 0.0462 e. The molecular formula is C13H13BrClNS.